The van der Waals surface area contributed by atoms with Crippen LogP contribution in [0.2, 0.25) is 0 Å². The van der Waals surface area contributed by atoms with Crippen LogP contribution in [0.25, 0.3) is 0 Å². The number of thioether (sulfide) groups is 1. The molecule has 2 aromatic carbocycles. The van der Waals surface area contributed by atoms with Crippen molar-refractivity contribution in [2.45, 2.75) is 35.4 Å². The van der Waals surface area contributed by atoms with Crippen LogP contribution in [0.1, 0.15) is 18.1 Å². The molecule has 1 unspecified atom stereocenters. The molecule has 0 radical (unpaired) electrons. The average Bonchev–Trinajstić information content (AvgIpc) is 2.52. The number of nitrogens with zero attached hydrogens (tertiary/aromatic N) is 1. The molecule has 4 nitrogen and oxygen atoms in total. The first-order valence-corrected chi connectivity index (χ1v) is 10.4. The Hall–Kier alpha value is -1.79. The van der Waals surface area contributed by atoms with Crippen molar-refractivity contribution in [3.05, 3.63) is 53.6 Å². The summed E-state index contributed by atoms with van der Waals surface area (Å²) in [6.07, 6.45) is 1.19. The van der Waals surface area contributed by atoms with E-state index < -0.39 is 9.84 Å². The van der Waals surface area contributed by atoms with E-state index in [1.54, 1.807) is 40.9 Å². The van der Waals surface area contributed by atoms with E-state index in [1.807, 2.05) is 26.0 Å². The fraction of sp³-hybridized carbons (Fsp3) is 0.278. The number of aryl methyl sites for hydroxylation is 1. The second kappa shape index (κ2) is 6.26. The number of sulfone groups is 1. The average molecular weight is 361 g/mol. The third-order valence-corrected chi connectivity index (χ3v) is 6.30. The molecule has 0 saturated carbocycles. The first kappa shape index (κ1) is 17.0. The molecule has 1 heterocycles. The largest absolute Gasteiger partial charge is 0.306 e. The highest BCUT2D eigenvalue weighted by Gasteiger charge is 2.30. The Morgan fingerprint density at radius 2 is 1.79 bits per heavy atom. The predicted octanol–water partition coefficient (Wildman–Crippen LogP) is 3.43. The van der Waals surface area contributed by atoms with Crippen molar-refractivity contribution in [1.29, 1.82) is 0 Å². The minimum atomic E-state index is -3.21. The van der Waals surface area contributed by atoms with Gasteiger partial charge in [-0.25, -0.2) is 8.42 Å². The van der Waals surface area contributed by atoms with E-state index in [1.165, 1.54) is 6.26 Å². The van der Waals surface area contributed by atoms with Gasteiger partial charge in [0.2, 0.25) is 5.91 Å². The number of anilines is 1. The first-order chi connectivity index (χ1) is 11.3. The van der Waals surface area contributed by atoms with Gasteiger partial charge in [-0.05, 0) is 49.2 Å². The third kappa shape index (κ3) is 3.35. The van der Waals surface area contributed by atoms with Crippen LogP contribution in [0, 0.1) is 6.92 Å². The Morgan fingerprint density at radius 3 is 2.42 bits per heavy atom. The van der Waals surface area contributed by atoms with Crippen molar-refractivity contribution < 1.29 is 13.2 Å². The molecule has 1 aliphatic rings. The van der Waals surface area contributed by atoms with E-state index in [2.05, 4.69) is 6.07 Å². The second-order valence-electron chi connectivity index (χ2n) is 6.07. The summed E-state index contributed by atoms with van der Waals surface area (Å²) in [5.74, 6) is 0.0743. The fourth-order valence-electron chi connectivity index (χ4n) is 2.70. The van der Waals surface area contributed by atoms with Crippen LogP contribution in [0.4, 0.5) is 5.69 Å². The fourth-order valence-corrected chi connectivity index (χ4v) is 4.38. The Bertz CT molecular complexity index is 889. The maximum absolute atomic E-state index is 12.6. The van der Waals surface area contributed by atoms with Gasteiger partial charge < -0.3 is 4.90 Å². The summed E-state index contributed by atoms with van der Waals surface area (Å²) >= 11 is 1.58. The standard InChI is InChI=1S/C18H19NO3S2/c1-12-4-9-17-16(10-12)19(18(20)13(2)23-17)11-14-5-7-15(8-6-14)24(3,21)22/h4-10,13H,11H2,1-3H3. The molecule has 1 aliphatic heterocycles. The van der Waals surface area contributed by atoms with Crippen molar-refractivity contribution in [2.75, 3.05) is 11.2 Å². The molecular formula is C18H19NO3S2. The van der Waals surface area contributed by atoms with Gasteiger partial charge in [0.05, 0.1) is 22.4 Å². The number of rotatable bonds is 3. The normalized spacial score (nSPS) is 17.7. The maximum Gasteiger partial charge on any atom is 0.240 e. The number of hydrogen-bond acceptors (Lipinski definition) is 4. The predicted molar refractivity (Wildman–Crippen MR) is 97.2 cm³/mol. The highest BCUT2D eigenvalue weighted by molar-refractivity contribution is 8.01. The number of fused-ring (bicyclic) bond motifs is 1. The SMILES string of the molecule is Cc1ccc2c(c1)N(Cc1ccc(S(C)(=O)=O)cc1)C(=O)C(C)S2. The lowest BCUT2D eigenvalue weighted by molar-refractivity contribution is -0.118. The lowest BCUT2D eigenvalue weighted by Crippen LogP contribution is -2.39. The van der Waals surface area contributed by atoms with Gasteiger partial charge in [-0.1, -0.05) is 18.2 Å². The summed E-state index contributed by atoms with van der Waals surface area (Å²) in [4.78, 5) is 15.8. The van der Waals surface area contributed by atoms with Crippen LogP contribution in [-0.4, -0.2) is 25.8 Å². The van der Waals surface area contributed by atoms with E-state index >= 15 is 0 Å². The molecule has 0 bridgehead atoms. The van der Waals surface area contributed by atoms with Gasteiger partial charge in [-0.15, -0.1) is 11.8 Å². The number of hydrogen-bond donors (Lipinski definition) is 0. The number of carbonyl (C=O) groups is 1. The lowest BCUT2D eigenvalue weighted by Gasteiger charge is -2.32. The molecule has 0 spiro atoms. The zero-order valence-corrected chi connectivity index (χ0v) is 15.4. The molecule has 1 atom stereocenters. The maximum atomic E-state index is 12.6. The first-order valence-electron chi connectivity index (χ1n) is 7.63. The molecule has 0 fully saturated rings. The summed E-state index contributed by atoms with van der Waals surface area (Å²) in [6.45, 7) is 4.35. The number of benzene rings is 2. The quantitative estimate of drug-likeness (QED) is 0.840. The zero-order valence-electron chi connectivity index (χ0n) is 13.8. The van der Waals surface area contributed by atoms with Crippen molar-refractivity contribution >= 4 is 33.2 Å². The van der Waals surface area contributed by atoms with Gasteiger partial charge in [-0.3, -0.25) is 4.79 Å². The van der Waals surface area contributed by atoms with Crippen LogP contribution in [0.3, 0.4) is 0 Å². The number of carbonyl (C=O) groups excluding carboxylic acids is 1. The molecule has 2 aromatic rings. The van der Waals surface area contributed by atoms with Gasteiger partial charge in [-0.2, -0.15) is 0 Å². The Balaban J connectivity index is 1.94. The Morgan fingerprint density at radius 1 is 1.12 bits per heavy atom. The summed E-state index contributed by atoms with van der Waals surface area (Å²) in [6, 6.07) is 12.8. The highest BCUT2D eigenvalue weighted by atomic mass is 32.2. The van der Waals surface area contributed by atoms with Crippen molar-refractivity contribution in [1.82, 2.24) is 0 Å². The molecule has 0 saturated heterocycles. The molecular weight excluding hydrogens is 342 g/mol. The lowest BCUT2D eigenvalue weighted by atomic mass is 10.1. The summed E-state index contributed by atoms with van der Waals surface area (Å²) < 4.78 is 23.1. The van der Waals surface area contributed by atoms with Crippen molar-refractivity contribution in [2.24, 2.45) is 0 Å². The molecule has 24 heavy (non-hydrogen) atoms. The summed E-state index contributed by atoms with van der Waals surface area (Å²) in [5.41, 5.74) is 2.94. The molecule has 0 N–H and O–H groups in total. The van der Waals surface area contributed by atoms with Gasteiger partial charge in [0.25, 0.3) is 0 Å². The van der Waals surface area contributed by atoms with Crippen LogP contribution in [0.5, 0.6) is 0 Å². The molecule has 0 aliphatic carbocycles. The van der Waals surface area contributed by atoms with E-state index in [9.17, 15) is 13.2 Å². The van der Waals surface area contributed by atoms with Crippen LogP contribution >= 0.6 is 11.8 Å². The van der Waals surface area contributed by atoms with Crippen molar-refractivity contribution in [3.8, 4) is 0 Å². The second-order valence-corrected chi connectivity index (χ2v) is 9.47. The molecule has 6 heteroatoms. The monoisotopic (exact) mass is 361 g/mol. The zero-order chi connectivity index (χ0) is 17.5. The van der Waals surface area contributed by atoms with Crippen LogP contribution in [-0.2, 0) is 21.2 Å². The van der Waals surface area contributed by atoms with E-state index in [0.717, 1.165) is 21.7 Å². The number of amides is 1. The molecule has 0 aromatic heterocycles. The molecule has 3 rings (SSSR count). The van der Waals surface area contributed by atoms with Gasteiger partial charge in [0.15, 0.2) is 9.84 Å². The minimum Gasteiger partial charge on any atom is -0.306 e. The van der Waals surface area contributed by atoms with Gasteiger partial charge in [0.1, 0.15) is 0 Å². The van der Waals surface area contributed by atoms with Crippen LogP contribution < -0.4 is 4.90 Å². The van der Waals surface area contributed by atoms with Gasteiger partial charge >= 0.3 is 0 Å². The highest BCUT2D eigenvalue weighted by Crippen LogP contribution is 2.40. The topological polar surface area (TPSA) is 54.5 Å². The van der Waals surface area contributed by atoms with E-state index in [0.29, 0.717) is 6.54 Å². The Labute approximate surface area is 146 Å². The molecule has 1 amide bonds. The van der Waals surface area contributed by atoms with Crippen LogP contribution in [0.15, 0.2) is 52.3 Å². The smallest absolute Gasteiger partial charge is 0.240 e. The van der Waals surface area contributed by atoms with Crippen molar-refractivity contribution in [3.63, 3.8) is 0 Å². The van der Waals surface area contributed by atoms with E-state index in [4.69, 9.17) is 0 Å². The summed E-state index contributed by atoms with van der Waals surface area (Å²) in [5, 5.41) is -0.129. The van der Waals surface area contributed by atoms with E-state index in [-0.39, 0.29) is 16.1 Å². The third-order valence-electron chi connectivity index (χ3n) is 4.01. The minimum absolute atomic E-state index is 0.0743. The Kier molecular flexibility index (Phi) is 4.44. The van der Waals surface area contributed by atoms with Gasteiger partial charge in [0, 0.05) is 11.2 Å². The summed E-state index contributed by atoms with van der Waals surface area (Å²) in [7, 11) is -3.21. The molecule has 126 valence electrons.